The van der Waals surface area contributed by atoms with Crippen LogP contribution in [0.25, 0.3) is 10.9 Å². The van der Waals surface area contributed by atoms with Gasteiger partial charge in [-0.3, -0.25) is 9.59 Å². The lowest BCUT2D eigenvalue weighted by Gasteiger charge is -2.24. The molecule has 1 aromatic carbocycles. The zero-order chi connectivity index (χ0) is 15.8. The Morgan fingerprint density at radius 3 is 2.57 bits per heavy atom. The number of carbonyl (C=O) groups is 2. The molecule has 1 heterocycles. The van der Waals surface area contributed by atoms with E-state index in [4.69, 9.17) is 5.11 Å². The van der Waals surface area contributed by atoms with Gasteiger partial charge in [0.25, 0.3) is 5.91 Å². The third kappa shape index (κ3) is 3.24. The van der Waals surface area contributed by atoms with Crippen LogP contribution in [0, 0.1) is 13.8 Å². The summed E-state index contributed by atoms with van der Waals surface area (Å²) in [5, 5.41) is 12.6. The van der Waals surface area contributed by atoms with Crippen LogP contribution >= 0.6 is 0 Å². The van der Waals surface area contributed by atoms with Crippen molar-refractivity contribution in [2.45, 2.75) is 39.7 Å². The standard InChI is InChI=1S/C16H20N2O3/c1-9-10(2)17-13-6-5-11(7-12(9)13)15(21)18-16(3,4)8-14(19)20/h5-7,17H,8H2,1-4H3,(H,18,21)(H,19,20). The highest BCUT2D eigenvalue weighted by Crippen LogP contribution is 2.22. The lowest BCUT2D eigenvalue weighted by atomic mass is 9.99. The molecule has 0 spiro atoms. The second-order valence-electron chi connectivity index (χ2n) is 6.04. The van der Waals surface area contributed by atoms with Crippen LogP contribution in [0.3, 0.4) is 0 Å². The molecule has 21 heavy (non-hydrogen) atoms. The van der Waals surface area contributed by atoms with E-state index in [1.807, 2.05) is 26.0 Å². The van der Waals surface area contributed by atoms with Crippen molar-refractivity contribution >= 4 is 22.8 Å². The summed E-state index contributed by atoms with van der Waals surface area (Å²) in [5.41, 5.74) is 2.92. The molecule has 0 unspecified atom stereocenters. The Balaban J connectivity index is 2.27. The van der Waals surface area contributed by atoms with Crippen molar-refractivity contribution in [1.82, 2.24) is 10.3 Å². The quantitative estimate of drug-likeness (QED) is 0.809. The van der Waals surface area contributed by atoms with Gasteiger partial charge in [0, 0.05) is 27.7 Å². The van der Waals surface area contributed by atoms with Crippen LogP contribution < -0.4 is 5.32 Å². The molecule has 1 aromatic heterocycles. The minimum Gasteiger partial charge on any atom is -0.481 e. The Morgan fingerprint density at radius 2 is 1.95 bits per heavy atom. The van der Waals surface area contributed by atoms with E-state index in [9.17, 15) is 9.59 Å². The summed E-state index contributed by atoms with van der Waals surface area (Å²) < 4.78 is 0. The number of amides is 1. The average molecular weight is 288 g/mol. The summed E-state index contributed by atoms with van der Waals surface area (Å²) >= 11 is 0. The van der Waals surface area contributed by atoms with Gasteiger partial charge >= 0.3 is 5.97 Å². The number of benzene rings is 1. The van der Waals surface area contributed by atoms with Gasteiger partial charge in [-0.25, -0.2) is 0 Å². The predicted octanol–water partition coefficient (Wildman–Crippen LogP) is 2.77. The number of fused-ring (bicyclic) bond motifs is 1. The van der Waals surface area contributed by atoms with E-state index in [2.05, 4.69) is 10.3 Å². The number of aromatic amines is 1. The molecule has 0 aliphatic rings. The molecule has 0 bridgehead atoms. The zero-order valence-electron chi connectivity index (χ0n) is 12.7. The Bertz CT molecular complexity index is 714. The van der Waals surface area contributed by atoms with Crippen molar-refractivity contribution in [3.05, 3.63) is 35.0 Å². The number of aliphatic carboxylic acids is 1. The van der Waals surface area contributed by atoms with Crippen molar-refractivity contribution in [2.24, 2.45) is 0 Å². The summed E-state index contributed by atoms with van der Waals surface area (Å²) in [6.07, 6.45) is -0.122. The SMILES string of the molecule is Cc1[nH]c2ccc(C(=O)NC(C)(C)CC(=O)O)cc2c1C. The molecule has 1 amide bonds. The number of carbonyl (C=O) groups excluding carboxylic acids is 1. The van der Waals surface area contributed by atoms with E-state index >= 15 is 0 Å². The van der Waals surface area contributed by atoms with E-state index in [1.54, 1.807) is 19.9 Å². The number of rotatable bonds is 4. The number of hydrogen-bond donors (Lipinski definition) is 3. The van der Waals surface area contributed by atoms with E-state index in [1.165, 1.54) is 0 Å². The number of carboxylic acids is 1. The summed E-state index contributed by atoms with van der Waals surface area (Å²) in [4.78, 5) is 26.3. The molecule has 0 fully saturated rings. The Kier molecular flexibility index (Phi) is 3.77. The molecular weight excluding hydrogens is 268 g/mol. The molecule has 2 rings (SSSR count). The fourth-order valence-electron chi connectivity index (χ4n) is 2.40. The lowest BCUT2D eigenvalue weighted by molar-refractivity contribution is -0.138. The molecule has 112 valence electrons. The fraction of sp³-hybridized carbons (Fsp3) is 0.375. The summed E-state index contributed by atoms with van der Waals surface area (Å²) in [6.45, 7) is 7.39. The maximum absolute atomic E-state index is 12.3. The lowest BCUT2D eigenvalue weighted by Crippen LogP contribution is -2.44. The number of aromatic nitrogens is 1. The Morgan fingerprint density at radius 1 is 1.29 bits per heavy atom. The molecule has 0 aliphatic heterocycles. The average Bonchev–Trinajstić information content (AvgIpc) is 2.62. The molecule has 3 N–H and O–H groups in total. The molecule has 2 aromatic rings. The van der Waals surface area contributed by atoms with Crippen molar-refractivity contribution in [3.8, 4) is 0 Å². The van der Waals surface area contributed by atoms with E-state index < -0.39 is 11.5 Å². The van der Waals surface area contributed by atoms with E-state index in [-0.39, 0.29) is 12.3 Å². The van der Waals surface area contributed by atoms with Crippen LogP contribution in [0.4, 0.5) is 0 Å². The largest absolute Gasteiger partial charge is 0.481 e. The van der Waals surface area contributed by atoms with Crippen molar-refractivity contribution in [1.29, 1.82) is 0 Å². The first-order valence-corrected chi connectivity index (χ1v) is 6.83. The highest BCUT2D eigenvalue weighted by Gasteiger charge is 2.24. The monoisotopic (exact) mass is 288 g/mol. The third-order valence-electron chi connectivity index (χ3n) is 3.62. The van der Waals surface area contributed by atoms with Crippen LogP contribution in [-0.2, 0) is 4.79 Å². The molecule has 5 nitrogen and oxygen atoms in total. The smallest absolute Gasteiger partial charge is 0.305 e. The van der Waals surface area contributed by atoms with Gasteiger partial charge in [0.15, 0.2) is 0 Å². The van der Waals surface area contributed by atoms with Crippen molar-refractivity contribution in [3.63, 3.8) is 0 Å². The van der Waals surface area contributed by atoms with Crippen LogP contribution in [0.15, 0.2) is 18.2 Å². The molecular formula is C16H20N2O3. The maximum Gasteiger partial charge on any atom is 0.305 e. The molecule has 0 aliphatic carbocycles. The van der Waals surface area contributed by atoms with Gasteiger partial charge in [0.2, 0.25) is 0 Å². The fourth-order valence-corrected chi connectivity index (χ4v) is 2.40. The minimum absolute atomic E-state index is 0.122. The summed E-state index contributed by atoms with van der Waals surface area (Å²) in [7, 11) is 0. The van der Waals surface area contributed by atoms with Gasteiger partial charge < -0.3 is 15.4 Å². The Labute approximate surface area is 123 Å². The summed E-state index contributed by atoms with van der Waals surface area (Å²) in [6, 6.07) is 5.44. The van der Waals surface area contributed by atoms with Gasteiger partial charge in [-0.1, -0.05) is 0 Å². The number of nitrogens with one attached hydrogen (secondary N) is 2. The number of hydrogen-bond acceptors (Lipinski definition) is 2. The third-order valence-corrected chi connectivity index (χ3v) is 3.62. The normalized spacial score (nSPS) is 11.6. The molecule has 0 atom stereocenters. The maximum atomic E-state index is 12.3. The molecule has 0 saturated carbocycles. The van der Waals surface area contributed by atoms with E-state index in [0.29, 0.717) is 5.56 Å². The topological polar surface area (TPSA) is 82.2 Å². The van der Waals surface area contributed by atoms with Crippen molar-refractivity contribution in [2.75, 3.05) is 0 Å². The van der Waals surface area contributed by atoms with E-state index in [0.717, 1.165) is 22.2 Å². The first kappa shape index (κ1) is 15.1. The molecule has 5 heteroatoms. The molecule has 0 saturated heterocycles. The first-order chi connectivity index (χ1) is 9.69. The predicted molar refractivity (Wildman–Crippen MR) is 81.6 cm³/mol. The number of H-pyrrole nitrogens is 1. The van der Waals surface area contributed by atoms with Gasteiger partial charge in [-0.15, -0.1) is 0 Å². The van der Waals surface area contributed by atoms with Gasteiger partial charge in [-0.2, -0.15) is 0 Å². The minimum atomic E-state index is -0.937. The van der Waals surface area contributed by atoms with Gasteiger partial charge in [-0.05, 0) is 51.5 Å². The Hall–Kier alpha value is -2.30. The van der Waals surface area contributed by atoms with Crippen molar-refractivity contribution < 1.29 is 14.7 Å². The second-order valence-corrected chi connectivity index (χ2v) is 6.04. The van der Waals surface area contributed by atoms with Gasteiger partial charge in [0.1, 0.15) is 0 Å². The molecule has 0 radical (unpaired) electrons. The van der Waals surface area contributed by atoms with Crippen LogP contribution in [0.1, 0.15) is 41.9 Å². The van der Waals surface area contributed by atoms with Crippen LogP contribution in [0.5, 0.6) is 0 Å². The second kappa shape index (κ2) is 5.24. The van der Waals surface area contributed by atoms with Gasteiger partial charge in [0.05, 0.1) is 6.42 Å². The highest BCUT2D eigenvalue weighted by molar-refractivity contribution is 5.99. The number of aryl methyl sites for hydroxylation is 2. The van der Waals surface area contributed by atoms with Crippen LogP contribution in [0.2, 0.25) is 0 Å². The highest BCUT2D eigenvalue weighted by atomic mass is 16.4. The zero-order valence-corrected chi connectivity index (χ0v) is 12.7. The van der Waals surface area contributed by atoms with Crippen LogP contribution in [-0.4, -0.2) is 27.5 Å². The first-order valence-electron chi connectivity index (χ1n) is 6.83. The number of carboxylic acid groups (broad SMARTS) is 1. The summed E-state index contributed by atoms with van der Waals surface area (Å²) in [5.74, 6) is -1.20.